The average Bonchev–Trinajstić information content (AvgIpc) is 2.21. The molecule has 2 aliphatic carbocycles. The van der Waals surface area contributed by atoms with Crippen molar-refractivity contribution in [2.75, 3.05) is 6.54 Å². The molecule has 0 spiro atoms. The molecule has 2 saturated carbocycles. The topological polar surface area (TPSA) is 43.1 Å². The van der Waals surface area contributed by atoms with Crippen LogP contribution in [0.2, 0.25) is 0 Å². The van der Waals surface area contributed by atoms with Crippen LogP contribution in [0.15, 0.2) is 0 Å². The molecule has 17 heavy (non-hydrogen) atoms. The molecular weight excluding hydrogens is 210 g/mol. The average molecular weight is 237 g/mol. The first-order chi connectivity index (χ1) is 8.04. The predicted octanol–water partition coefficient (Wildman–Crippen LogP) is 3.15. The zero-order chi connectivity index (χ0) is 12.5. The van der Waals surface area contributed by atoms with E-state index in [0.29, 0.717) is 18.2 Å². The molecule has 0 aromatic carbocycles. The summed E-state index contributed by atoms with van der Waals surface area (Å²) in [5.74, 6) is 2.29. The molecule has 2 unspecified atom stereocenters. The zero-order valence-electron chi connectivity index (χ0n) is 11.4. The monoisotopic (exact) mass is 237 g/mol. The van der Waals surface area contributed by atoms with Crippen molar-refractivity contribution in [2.45, 2.75) is 58.8 Å². The van der Waals surface area contributed by atoms with Gasteiger partial charge in [-0.05, 0) is 55.9 Å². The lowest BCUT2D eigenvalue weighted by atomic mass is 9.63. The fraction of sp³-hybridized carbons (Fsp3) is 0.933. The fourth-order valence-electron chi connectivity index (χ4n) is 3.85. The minimum absolute atomic E-state index is 0.195. The summed E-state index contributed by atoms with van der Waals surface area (Å²) in [5, 5.41) is 0. The summed E-state index contributed by atoms with van der Waals surface area (Å²) in [6.45, 7) is 5.28. The van der Waals surface area contributed by atoms with Gasteiger partial charge in [-0.25, -0.2) is 0 Å². The number of Topliss-reactive ketones (excluding diaryl/α,β-unsaturated/α-hetero) is 1. The fourth-order valence-corrected chi connectivity index (χ4v) is 3.85. The number of rotatable bonds is 4. The highest BCUT2D eigenvalue weighted by Crippen LogP contribution is 2.45. The van der Waals surface area contributed by atoms with E-state index in [1.54, 1.807) is 0 Å². The Morgan fingerprint density at radius 1 is 1.18 bits per heavy atom. The molecule has 2 atom stereocenters. The molecule has 98 valence electrons. The maximum absolute atomic E-state index is 12.4. The number of nitrogens with two attached hydrogens (primary N) is 1. The van der Waals surface area contributed by atoms with Gasteiger partial charge < -0.3 is 5.73 Å². The second-order valence-corrected chi connectivity index (χ2v) is 6.82. The predicted molar refractivity (Wildman–Crippen MR) is 70.6 cm³/mol. The van der Waals surface area contributed by atoms with E-state index in [1.807, 2.05) is 0 Å². The van der Waals surface area contributed by atoms with Crippen molar-refractivity contribution in [3.05, 3.63) is 0 Å². The number of hydrogen-bond acceptors (Lipinski definition) is 2. The summed E-state index contributed by atoms with van der Waals surface area (Å²) in [4.78, 5) is 12.4. The smallest absolute Gasteiger partial charge is 0.136 e. The molecular formula is C15H27NO. The van der Waals surface area contributed by atoms with Gasteiger partial charge in [0.05, 0.1) is 0 Å². The van der Waals surface area contributed by atoms with E-state index in [-0.39, 0.29) is 5.41 Å². The van der Waals surface area contributed by atoms with E-state index in [4.69, 9.17) is 5.73 Å². The van der Waals surface area contributed by atoms with Crippen molar-refractivity contribution in [3.8, 4) is 0 Å². The largest absolute Gasteiger partial charge is 0.330 e. The molecule has 0 heterocycles. The Kier molecular flexibility index (Phi) is 3.92. The highest BCUT2D eigenvalue weighted by atomic mass is 16.1. The maximum Gasteiger partial charge on any atom is 0.136 e. The molecule has 0 aromatic heterocycles. The van der Waals surface area contributed by atoms with Crippen LogP contribution in [0.25, 0.3) is 0 Å². The van der Waals surface area contributed by atoms with Gasteiger partial charge in [-0.3, -0.25) is 4.79 Å². The summed E-state index contributed by atoms with van der Waals surface area (Å²) in [7, 11) is 0. The first-order valence-corrected chi connectivity index (χ1v) is 7.27. The van der Waals surface area contributed by atoms with Gasteiger partial charge >= 0.3 is 0 Å². The van der Waals surface area contributed by atoms with Gasteiger partial charge in [-0.2, -0.15) is 0 Å². The van der Waals surface area contributed by atoms with Crippen molar-refractivity contribution in [1.82, 2.24) is 0 Å². The van der Waals surface area contributed by atoms with E-state index in [1.165, 1.54) is 25.7 Å². The molecule has 0 saturated heterocycles. The third kappa shape index (κ3) is 2.90. The van der Waals surface area contributed by atoms with E-state index in [9.17, 15) is 4.79 Å². The van der Waals surface area contributed by atoms with E-state index in [2.05, 4.69) is 13.8 Å². The molecule has 2 aliphatic rings. The Bertz CT molecular complexity index is 267. The van der Waals surface area contributed by atoms with Gasteiger partial charge in [0.15, 0.2) is 0 Å². The quantitative estimate of drug-likeness (QED) is 0.816. The highest BCUT2D eigenvalue weighted by molar-refractivity contribution is 5.82. The minimum atomic E-state index is 0.195. The number of carbonyl (C=O) groups excluding carboxylic acids is 1. The van der Waals surface area contributed by atoms with Crippen LogP contribution >= 0.6 is 0 Å². The lowest BCUT2D eigenvalue weighted by Gasteiger charge is -2.42. The molecule has 0 aromatic rings. The Balaban J connectivity index is 1.91. The van der Waals surface area contributed by atoms with E-state index >= 15 is 0 Å². The van der Waals surface area contributed by atoms with Crippen molar-refractivity contribution in [1.29, 1.82) is 0 Å². The standard InChI is InChI=1S/C15H27NO/c1-11-6-12(2)8-13(7-11)14(17)9-15(10-16)4-3-5-15/h11-13H,3-10,16H2,1-2H3. The lowest BCUT2D eigenvalue weighted by Crippen LogP contribution is -2.41. The molecule has 0 bridgehead atoms. The highest BCUT2D eigenvalue weighted by Gasteiger charge is 2.40. The van der Waals surface area contributed by atoms with E-state index in [0.717, 1.165) is 31.1 Å². The van der Waals surface area contributed by atoms with Crippen molar-refractivity contribution < 1.29 is 4.79 Å². The summed E-state index contributed by atoms with van der Waals surface area (Å²) >= 11 is 0. The molecule has 2 fully saturated rings. The van der Waals surface area contributed by atoms with Crippen LogP contribution in [0.5, 0.6) is 0 Å². The first kappa shape index (κ1) is 13.1. The van der Waals surface area contributed by atoms with Crippen LogP contribution in [0.4, 0.5) is 0 Å². The third-order valence-electron chi connectivity index (χ3n) is 5.03. The second-order valence-electron chi connectivity index (χ2n) is 6.82. The van der Waals surface area contributed by atoms with Crippen molar-refractivity contribution in [3.63, 3.8) is 0 Å². The molecule has 2 heteroatoms. The molecule has 0 radical (unpaired) electrons. The van der Waals surface area contributed by atoms with Gasteiger partial charge in [0, 0.05) is 12.3 Å². The minimum Gasteiger partial charge on any atom is -0.330 e. The van der Waals surface area contributed by atoms with Crippen LogP contribution in [0, 0.1) is 23.2 Å². The van der Waals surface area contributed by atoms with Gasteiger partial charge in [0.25, 0.3) is 0 Å². The molecule has 2 N–H and O–H groups in total. The van der Waals surface area contributed by atoms with Crippen LogP contribution in [0.1, 0.15) is 58.8 Å². The SMILES string of the molecule is CC1CC(C)CC(C(=O)CC2(CN)CCC2)C1. The van der Waals surface area contributed by atoms with Crippen LogP contribution in [0.3, 0.4) is 0 Å². The Hall–Kier alpha value is -0.370. The second kappa shape index (κ2) is 5.09. The van der Waals surface area contributed by atoms with Gasteiger partial charge in [0.1, 0.15) is 5.78 Å². The van der Waals surface area contributed by atoms with Crippen molar-refractivity contribution >= 4 is 5.78 Å². The van der Waals surface area contributed by atoms with Crippen molar-refractivity contribution in [2.24, 2.45) is 28.9 Å². The molecule has 2 rings (SSSR count). The third-order valence-corrected chi connectivity index (χ3v) is 5.03. The normalized spacial score (nSPS) is 36.3. The summed E-state index contributed by atoms with van der Waals surface area (Å²) in [5.41, 5.74) is 6.04. The maximum atomic E-state index is 12.4. The Morgan fingerprint density at radius 2 is 1.76 bits per heavy atom. The zero-order valence-corrected chi connectivity index (χ0v) is 11.4. The summed E-state index contributed by atoms with van der Waals surface area (Å²) in [6, 6.07) is 0. The van der Waals surface area contributed by atoms with Gasteiger partial charge in [0.2, 0.25) is 0 Å². The Morgan fingerprint density at radius 3 is 2.18 bits per heavy atom. The lowest BCUT2D eigenvalue weighted by molar-refractivity contribution is -0.128. The van der Waals surface area contributed by atoms with Gasteiger partial charge in [-0.15, -0.1) is 0 Å². The summed E-state index contributed by atoms with van der Waals surface area (Å²) < 4.78 is 0. The molecule has 0 aliphatic heterocycles. The first-order valence-electron chi connectivity index (χ1n) is 7.27. The van der Waals surface area contributed by atoms with Crippen LogP contribution < -0.4 is 5.73 Å². The molecule has 0 amide bonds. The summed E-state index contributed by atoms with van der Waals surface area (Å²) in [6.07, 6.45) is 7.90. The van der Waals surface area contributed by atoms with Crippen LogP contribution in [-0.2, 0) is 4.79 Å². The number of ketones is 1. The molecule has 2 nitrogen and oxygen atoms in total. The number of carbonyl (C=O) groups is 1. The number of hydrogen-bond donors (Lipinski definition) is 1. The van der Waals surface area contributed by atoms with E-state index < -0.39 is 0 Å². The van der Waals surface area contributed by atoms with Gasteiger partial charge in [-0.1, -0.05) is 20.3 Å². The Labute approximate surface area is 105 Å². The van der Waals surface area contributed by atoms with Crippen LogP contribution in [-0.4, -0.2) is 12.3 Å².